The average Bonchev–Trinajstić information content (AvgIpc) is 3.00. The Bertz CT molecular complexity index is 1090. The van der Waals surface area contributed by atoms with Crippen LogP contribution in [0.15, 0.2) is 72.8 Å². The van der Waals surface area contributed by atoms with E-state index >= 15 is 0 Å². The highest BCUT2D eigenvalue weighted by molar-refractivity contribution is 5.94. The maximum Gasteiger partial charge on any atom is 0.373 e. The summed E-state index contributed by atoms with van der Waals surface area (Å²) in [5, 5.41) is 0. The minimum Gasteiger partial charge on any atom is -0.494 e. The molecule has 0 aromatic heterocycles. The molecular formula is C36H48O4. The van der Waals surface area contributed by atoms with Crippen LogP contribution in [0.4, 0.5) is 0 Å². The van der Waals surface area contributed by atoms with Gasteiger partial charge in [0.25, 0.3) is 0 Å². The molecule has 3 aromatic carbocycles. The van der Waals surface area contributed by atoms with Crippen LogP contribution in [0.3, 0.4) is 0 Å². The molecular weight excluding hydrogens is 496 g/mol. The van der Waals surface area contributed by atoms with E-state index in [1.54, 1.807) is 0 Å². The van der Waals surface area contributed by atoms with Crippen molar-refractivity contribution in [2.75, 3.05) is 13.2 Å². The number of unbranched alkanes of at least 4 members (excludes halogenated alkanes) is 11. The fraction of sp³-hybridized carbons (Fsp3) is 0.472. The summed E-state index contributed by atoms with van der Waals surface area (Å²) in [5.41, 5.74) is 4.61. The van der Waals surface area contributed by atoms with E-state index in [4.69, 9.17) is 14.5 Å². The summed E-state index contributed by atoms with van der Waals surface area (Å²) in [7, 11) is 0. The lowest BCUT2D eigenvalue weighted by molar-refractivity contribution is -0.241. The Morgan fingerprint density at radius 3 is 1.80 bits per heavy atom. The number of rotatable bonds is 20. The molecule has 0 N–H and O–H groups in total. The van der Waals surface area contributed by atoms with E-state index in [9.17, 15) is 4.79 Å². The highest BCUT2D eigenvalue weighted by atomic mass is 17.2. The minimum absolute atomic E-state index is 0.424. The van der Waals surface area contributed by atoms with Crippen LogP contribution in [0.5, 0.6) is 5.75 Å². The van der Waals surface area contributed by atoms with Crippen molar-refractivity contribution in [2.24, 2.45) is 0 Å². The van der Waals surface area contributed by atoms with Crippen LogP contribution in [0.25, 0.3) is 22.3 Å². The number of benzene rings is 3. The molecule has 0 bridgehead atoms. The second-order valence-electron chi connectivity index (χ2n) is 10.6. The van der Waals surface area contributed by atoms with Crippen molar-refractivity contribution < 1.29 is 19.3 Å². The van der Waals surface area contributed by atoms with Gasteiger partial charge in [-0.05, 0) is 59.4 Å². The van der Waals surface area contributed by atoms with E-state index in [-0.39, 0.29) is 0 Å². The maximum atomic E-state index is 12.8. The fourth-order valence-corrected chi connectivity index (χ4v) is 4.84. The summed E-state index contributed by atoms with van der Waals surface area (Å²) in [6.07, 6.45) is 15.8. The number of carbonyl (C=O) groups excluding carboxylic acids is 1. The number of ether oxygens (including phenoxy) is 1. The molecule has 0 atom stereocenters. The number of hydrogen-bond acceptors (Lipinski definition) is 4. The highest BCUT2D eigenvalue weighted by Gasteiger charge is 2.15. The van der Waals surface area contributed by atoms with E-state index < -0.39 is 5.97 Å². The standard InChI is InChI=1S/C36H48O4/c1-3-5-7-9-11-12-17-27-38-33-24-21-31(22-25-33)35-29-32(23-26-34(35)30-19-15-14-16-20-30)36(37)40-39-28-18-13-10-8-6-4-2/h14-16,19-26,29H,3-13,17-18,27-28H2,1-2H3. The van der Waals surface area contributed by atoms with Crippen LogP contribution in [-0.2, 0) is 9.78 Å². The summed E-state index contributed by atoms with van der Waals surface area (Å²) in [6, 6.07) is 24.1. The quantitative estimate of drug-likeness (QED) is 0.0806. The predicted octanol–water partition coefficient (Wildman–Crippen LogP) is 10.6. The van der Waals surface area contributed by atoms with Crippen molar-refractivity contribution >= 4 is 5.97 Å². The maximum absolute atomic E-state index is 12.8. The average molecular weight is 545 g/mol. The fourth-order valence-electron chi connectivity index (χ4n) is 4.84. The van der Waals surface area contributed by atoms with Gasteiger partial charge in [-0.1, -0.05) is 133 Å². The molecule has 3 aromatic rings. The molecule has 0 aliphatic carbocycles. The Balaban J connectivity index is 1.60. The molecule has 0 aliphatic rings. The third-order valence-electron chi connectivity index (χ3n) is 7.24. The van der Waals surface area contributed by atoms with Crippen molar-refractivity contribution in [1.29, 1.82) is 0 Å². The van der Waals surface area contributed by atoms with Gasteiger partial charge in [0, 0.05) is 0 Å². The third kappa shape index (κ3) is 11.2. The molecule has 40 heavy (non-hydrogen) atoms. The predicted molar refractivity (Wildman–Crippen MR) is 166 cm³/mol. The lowest BCUT2D eigenvalue weighted by atomic mass is 9.93. The van der Waals surface area contributed by atoms with E-state index in [2.05, 4.69) is 38.1 Å². The lowest BCUT2D eigenvalue weighted by Gasteiger charge is -2.13. The van der Waals surface area contributed by atoms with Crippen molar-refractivity contribution in [3.63, 3.8) is 0 Å². The van der Waals surface area contributed by atoms with Gasteiger partial charge in [-0.15, -0.1) is 0 Å². The largest absolute Gasteiger partial charge is 0.494 e. The first-order chi connectivity index (χ1) is 19.7. The lowest BCUT2D eigenvalue weighted by Crippen LogP contribution is -2.07. The van der Waals surface area contributed by atoms with Crippen LogP contribution < -0.4 is 4.74 Å². The van der Waals surface area contributed by atoms with Gasteiger partial charge in [0.15, 0.2) is 0 Å². The van der Waals surface area contributed by atoms with Crippen LogP contribution >= 0.6 is 0 Å². The zero-order valence-electron chi connectivity index (χ0n) is 24.7. The van der Waals surface area contributed by atoms with Crippen LogP contribution in [0.1, 0.15) is 108 Å². The van der Waals surface area contributed by atoms with Crippen molar-refractivity contribution in [3.05, 3.63) is 78.4 Å². The number of hydrogen-bond donors (Lipinski definition) is 0. The third-order valence-corrected chi connectivity index (χ3v) is 7.24. The molecule has 0 fully saturated rings. The topological polar surface area (TPSA) is 44.8 Å². The molecule has 4 nitrogen and oxygen atoms in total. The van der Waals surface area contributed by atoms with Gasteiger partial charge < -0.3 is 4.74 Å². The Morgan fingerprint density at radius 2 is 1.15 bits per heavy atom. The number of carbonyl (C=O) groups is 1. The van der Waals surface area contributed by atoms with Gasteiger partial charge in [0.2, 0.25) is 0 Å². The van der Waals surface area contributed by atoms with Crippen LogP contribution in [-0.4, -0.2) is 19.2 Å². The van der Waals surface area contributed by atoms with Gasteiger partial charge >= 0.3 is 5.97 Å². The van der Waals surface area contributed by atoms with E-state index in [1.165, 1.54) is 64.2 Å². The molecule has 0 amide bonds. The van der Waals surface area contributed by atoms with Gasteiger partial charge in [-0.25, -0.2) is 4.79 Å². The summed E-state index contributed by atoms with van der Waals surface area (Å²) in [5.74, 6) is 0.399. The first-order valence-electron chi connectivity index (χ1n) is 15.5. The molecule has 4 heteroatoms. The zero-order chi connectivity index (χ0) is 28.3. The van der Waals surface area contributed by atoms with Crippen molar-refractivity contribution in [2.45, 2.75) is 97.3 Å². The molecule has 0 saturated heterocycles. The molecule has 0 radical (unpaired) electrons. The van der Waals surface area contributed by atoms with E-state index in [0.717, 1.165) is 53.9 Å². The smallest absolute Gasteiger partial charge is 0.373 e. The summed E-state index contributed by atoms with van der Waals surface area (Å²) in [4.78, 5) is 23.2. The molecule has 0 spiro atoms. The first kappa shape index (κ1) is 31.4. The summed E-state index contributed by atoms with van der Waals surface area (Å²) < 4.78 is 6.00. The Kier molecular flexibility index (Phi) is 15.0. The zero-order valence-corrected chi connectivity index (χ0v) is 24.7. The Hall–Kier alpha value is -3.11. The SMILES string of the molecule is CCCCCCCCCOc1ccc(-c2cc(C(=O)OOCCCCCCCC)ccc2-c2ccccc2)cc1. The molecule has 0 saturated carbocycles. The Morgan fingerprint density at radius 1 is 0.575 bits per heavy atom. The van der Waals surface area contributed by atoms with Gasteiger partial charge in [0.1, 0.15) is 5.75 Å². The van der Waals surface area contributed by atoms with E-state index in [1.807, 2.05) is 48.5 Å². The summed E-state index contributed by atoms with van der Waals surface area (Å²) >= 11 is 0. The van der Waals surface area contributed by atoms with Crippen molar-refractivity contribution in [1.82, 2.24) is 0 Å². The van der Waals surface area contributed by atoms with Crippen LogP contribution in [0.2, 0.25) is 0 Å². The Labute approximate surface area is 242 Å². The molecule has 3 rings (SSSR count). The molecule has 0 aliphatic heterocycles. The molecule has 0 unspecified atom stereocenters. The van der Waals surface area contributed by atoms with Crippen LogP contribution in [0, 0.1) is 0 Å². The molecule has 216 valence electrons. The first-order valence-corrected chi connectivity index (χ1v) is 15.5. The normalized spacial score (nSPS) is 10.9. The highest BCUT2D eigenvalue weighted by Crippen LogP contribution is 2.34. The second kappa shape index (κ2) is 19.0. The van der Waals surface area contributed by atoms with E-state index in [0.29, 0.717) is 12.2 Å². The van der Waals surface area contributed by atoms with Gasteiger partial charge in [-0.3, -0.25) is 4.89 Å². The molecule has 0 heterocycles. The van der Waals surface area contributed by atoms with Gasteiger partial charge in [-0.2, -0.15) is 4.89 Å². The van der Waals surface area contributed by atoms with Gasteiger partial charge in [0.05, 0.1) is 18.8 Å². The summed E-state index contributed by atoms with van der Waals surface area (Å²) in [6.45, 7) is 5.62. The second-order valence-corrected chi connectivity index (χ2v) is 10.6. The van der Waals surface area contributed by atoms with Crippen molar-refractivity contribution in [3.8, 4) is 28.0 Å². The minimum atomic E-state index is -0.471. The monoisotopic (exact) mass is 544 g/mol.